The van der Waals surface area contributed by atoms with Gasteiger partial charge in [0.25, 0.3) is 0 Å². The van der Waals surface area contributed by atoms with Gasteiger partial charge in [-0.05, 0) is 42.9 Å². The van der Waals surface area contributed by atoms with Crippen molar-refractivity contribution in [2.75, 3.05) is 27.2 Å². The van der Waals surface area contributed by atoms with E-state index in [0.717, 1.165) is 60.7 Å². The van der Waals surface area contributed by atoms with E-state index in [1.807, 2.05) is 24.3 Å². The predicted molar refractivity (Wildman–Crippen MR) is 107 cm³/mol. The molecule has 146 valence electrons. The maximum atomic E-state index is 9.63. The van der Waals surface area contributed by atoms with Crippen molar-refractivity contribution in [1.29, 1.82) is 0 Å². The van der Waals surface area contributed by atoms with Gasteiger partial charge in [0.15, 0.2) is 11.5 Å². The summed E-state index contributed by atoms with van der Waals surface area (Å²) in [5.41, 5.74) is 2.75. The van der Waals surface area contributed by atoms with E-state index in [4.69, 9.17) is 14.6 Å². The second kappa shape index (κ2) is 6.41. The minimum Gasteiger partial charge on any atom is -0.508 e. The van der Waals surface area contributed by atoms with E-state index in [0.29, 0.717) is 0 Å². The van der Waals surface area contributed by atoms with E-state index >= 15 is 0 Å². The number of nitrogens with zero attached hydrogens (tertiary/aromatic N) is 3. The lowest BCUT2D eigenvalue weighted by Crippen LogP contribution is -2.58. The zero-order chi connectivity index (χ0) is 19.3. The molecule has 0 bridgehead atoms. The number of hydrazone groups is 1. The summed E-state index contributed by atoms with van der Waals surface area (Å²) in [7, 11) is 3.84. The number of hydrogen-bond donors (Lipinski definition) is 1. The molecule has 1 spiro atoms. The molecule has 2 aromatic rings. The molecule has 2 aromatic carbocycles. The average Bonchev–Trinajstić information content (AvgIpc) is 3.17. The Bertz CT molecular complexity index is 917. The molecule has 1 saturated heterocycles. The van der Waals surface area contributed by atoms with Crippen LogP contribution in [0.1, 0.15) is 36.4 Å². The van der Waals surface area contributed by atoms with Gasteiger partial charge >= 0.3 is 0 Å². The molecule has 6 heteroatoms. The molecule has 0 unspecified atom stereocenters. The Balaban J connectivity index is 1.60. The third-order valence-corrected chi connectivity index (χ3v) is 6.18. The summed E-state index contributed by atoms with van der Waals surface area (Å²) in [6.45, 7) is 1.94. The first-order chi connectivity index (χ1) is 13.6. The predicted octanol–water partition coefficient (Wildman–Crippen LogP) is 3.37. The lowest BCUT2D eigenvalue weighted by Gasteiger charge is -2.50. The fourth-order valence-corrected chi connectivity index (χ4v) is 4.56. The number of methoxy groups -OCH3 is 1. The van der Waals surface area contributed by atoms with Crippen LogP contribution in [0.15, 0.2) is 47.6 Å². The lowest BCUT2D eigenvalue weighted by atomic mass is 9.90. The van der Waals surface area contributed by atoms with E-state index in [-0.39, 0.29) is 11.8 Å². The molecular weight excluding hydrogens is 354 g/mol. The minimum atomic E-state index is -0.447. The second-order valence-corrected chi connectivity index (χ2v) is 7.89. The first kappa shape index (κ1) is 17.4. The number of benzene rings is 2. The number of ether oxygens (including phenoxy) is 2. The summed E-state index contributed by atoms with van der Waals surface area (Å²) in [6.07, 6.45) is 2.60. The zero-order valence-electron chi connectivity index (χ0n) is 16.3. The van der Waals surface area contributed by atoms with Gasteiger partial charge in [-0.15, -0.1) is 0 Å². The third-order valence-electron chi connectivity index (χ3n) is 6.18. The monoisotopic (exact) mass is 379 g/mol. The molecule has 28 heavy (non-hydrogen) atoms. The van der Waals surface area contributed by atoms with Crippen LogP contribution in [0.3, 0.4) is 0 Å². The highest BCUT2D eigenvalue weighted by Gasteiger charge is 2.52. The Kier molecular flexibility index (Phi) is 3.98. The molecule has 6 nitrogen and oxygen atoms in total. The number of fused-ring (bicyclic) bond motifs is 4. The number of rotatable bonds is 2. The highest BCUT2D eigenvalue weighted by molar-refractivity contribution is 6.02. The van der Waals surface area contributed by atoms with Crippen LogP contribution in [0.25, 0.3) is 0 Å². The fourth-order valence-electron chi connectivity index (χ4n) is 4.56. The van der Waals surface area contributed by atoms with E-state index < -0.39 is 5.72 Å². The molecule has 3 heterocycles. The molecule has 3 aliphatic heterocycles. The van der Waals surface area contributed by atoms with Crippen molar-refractivity contribution in [1.82, 2.24) is 9.91 Å². The number of aromatic hydroxyl groups is 1. The number of phenols is 1. The van der Waals surface area contributed by atoms with Gasteiger partial charge in [0.05, 0.1) is 18.9 Å². The van der Waals surface area contributed by atoms with Crippen LogP contribution < -0.4 is 9.47 Å². The Hall–Kier alpha value is -2.73. The van der Waals surface area contributed by atoms with Crippen molar-refractivity contribution in [2.24, 2.45) is 5.10 Å². The first-order valence-corrected chi connectivity index (χ1v) is 9.80. The zero-order valence-corrected chi connectivity index (χ0v) is 16.3. The van der Waals surface area contributed by atoms with Crippen LogP contribution in [-0.2, 0) is 0 Å². The van der Waals surface area contributed by atoms with Gasteiger partial charge in [-0.2, -0.15) is 5.10 Å². The van der Waals surface area contributed by atoms with Crippen LogP contribution >= 0.6 is 0 Å². The van der Waals surface area contributed by atoms with Crippen molar-refractivity contribution < 1.29 is 14.6 Å². The number of likely N-dealkylation sites (tertiary alicyclic amines) is 1. The standard InChI is InChI=1S/C22H25N3O3/c1-24-12-10-22(11-13-24)25-19(17-4-3-5-20(27-2)21(17)28-22)14-18(23-25)15-6-8-16(26)9-7-15/h3-9,19,26H,10-14H2,1-2H3/t19-/m1/s1. The molecule has 3 aliphatic rings. The molecule has 0 amide bonds. The van der Waals surface area contributed by atoms with Crippen molar-refractivity contribution >= 4 is 5.71 Å². The fraction of sp³-hybridized carbons (Fsp3) is 0.409. The summed E-state index contributed by atoms with van der Waals surface area (Å²) in [5.74, 6) is 1.91. The first-order valence-electron chi connectivity index (χ1n) is 9.80. The van der Waals surface area contributed by atoms with Crippen LogP contribution in [0.4, 0.5) is 0 Å². The van der Waals surface area contributed by atoms with Crippen molar-refractivity contribution in [3.8, 4) is 17.2 Å². The van der Waals surface area contributed by atoms with E-state index in [9.17, 15) is 5.11 Å². The lowest BCUT2D eigenvalue weighted by molar-refractivity contribution is -0.148. The number of phenolic OH excluding ortho intramolecular Hbond substituents is 1. The summed E-state index contributed by atoms with van der Waals surface area (Å²) < 4.78 is 12.3. The molecule has 1 N–H and O–H groups in total. The van der Waals surface area contributed by atoms with Crippen LogP contribution in [0, 0.1) is 0 Å². The van der Waals surface area contributed by atoms with Crippen molar-refractivity contribution in [2.45, 2.75) is 31.0 Å². The number of piperidine rings is 1. The third kappa shape index (κ3) is 2.63. The van der Waals surface area contributed by atoms with Gasteiger partial charge in [0.1, 0.15) is 5.75 Å². The van der Waals surface area contributed by atoms with Crippen LogP contribution in [-0.4, -0.2) is 53.7 Å². The Labute approximate surface area is 165 Å². The van der Waals surface area contributed by atoms with Crippen LogP contribution in [0.5, 0.6) is 17.2 Å². The van der Waals surface area contributed by atoms with Gasteiger partial charge in [0.2, 0.25) is 5.72 Å². The maximum Gasteiger partial charge on any atom is 0.200 e. The Morgan fingerprint density at radius 2 is 1.89 bits per heavy atom. The normalized spacial score (nSPS) is 23.0. The van der Waals surface area contributed by atoms with Crippen molar-refractivity contribution in [3.05, 3.63) is 53.6 Å². The van der Waals surface area contributed by atoms with Gasteiger partial charge in [-0.25, -0.2) is 5.01 Å². The highest BCUT2D eigenvalue weighted by atomic mass is 16.5. The number of hydrogen-bond acceptors (Lipinski definition) is 6. The largest absolute Gasteiger partial charge is 0.508 e. The molecule has 1 fully saturated rings. The smallest absolute Gasteiger partial charge is 0.200 e. The summed E-state index contributed by atoms with van der Waals surface area (Å²) in [4.78, 5) is 2.34. The molecule has 5 rings (SSSR count). The average molecular weight is 379 g/mol. The molecule has 0 saturated carbocycles. The summed E-state index contributed by atoms with van der Waals surface area (Å²) >= 11 is 0. The Morgan fingerprint density at radius 1 is 1.14 bits per heavy atom. The van der Waals surface area contributed by atoms with E-state index in [1.54, 1.807) is 19.2 Å². The SMILES string of the molecule is COc1cccc2c1OC1(CCN(C)CC1)N1N=C(c3ccc(O)cc3)C[C@H]21. The topological polar surface area (TPSA) is 57.5 Å². The van der Waals surface area contributed by atoms with E-state index in [2.05, 4.69) is 23.0 Å². The molecular formula is C22H25N3O3. The summed E-state index contributed by atoms with van der Waals surface area (Å²) in [5, 5.41) is 16.9. The molecule has 0 aromatic heterocycles. The minimum absolute atomic E-state index is 0.131. The molecule has 0 aliphatic carbocycles. The van der Waals surface area contributed by atoms with E-state index in [1.165, 1.54) is 0 Å². The highest BCUT2D eigenvalue weighted by Crippen LogP contribution is 2.52. The van der Waals surface area contributed by atoms with Gasteiger partial charge in [0, 0.05) is 37.9 Å². The van der Waals surface area contributed by atoms with Gasteiger partial charge in [-0.1, -0.05) is 12.1 Å². The van der Waals surface area contributed by atoms with Gasteiger partial charge < -0.3 is 19.5 Å². The molecule has 0 radical (unpaired) electrons. The van der Waals surface area contributed by atoms with Crippen LogP contribution in [0.2, 0.25) is 0 Å². The van der Waals surface area contributed by atoms with Crippen molar-refractivity contribution in [3.63, 3.8) is 0 Å². The Morgan fingerprint density at radius 3 is 2.61 bits per heavy atom. The number of para-hydroxylation sites is 1. The second-order valence-electron chi connectivity index (χ2n) is 7.89. The maximum absolute atomic E-state index is 9.63. The quantitative estimate of drug-likeness (QED) is 0.867. The van der Waals surface area contributed by atoms with Gasteiger partial charge in [-0.3, -0.25) is 0 Å². The summed E-state index contributed by atoms with van der Waals surface area (Å²) in [6, 6.07) is 13.5. The molecule has 1 atom stereocenters.